The number of ketones is 3. The van der Waals surface area contributed by atoms with Crippen molar-refractivity contribution >= 4 is 40.7 Å². The molecule has 1 aliphatic rings. The average molecular weight is 311 g/mol. The Morgan fingerprint density at radius 3 is 2.50 bits per heavy atom. The lowest BCUT2D eigenvalue weighted by Crippen LogP contribution is -2.35. The summed E-state index contributed by atoms with van der Waals surface area (Å²) in [7, 11) is 0. The van der Waals surface area contributed by atoms with E-state index in [-0.39, 0.29) is 17.1 Å². The molecule has 0 aromatic heterocycles. The predicted octanol–water partition coefficient (Wildman–Crippen LogP) is 3.57. The highest BCUT2D eigenvalue weighted by molar-refractivity contribution is 7.99. The average Bonchev–Trinajstić information content (AvgIpc) is 2.38. The minimum atomic E-state index is -1.15. The zero-order valence-corrected chi connectivity index (χ0v) is 12.7. The van der Waals surface area contributed by atoms with Crippen molar-refractivity contribution < 1.29 is 14.4 Å². The van der Waals surface area contributed by atoms with Gasteiger partial charge in [0.2, 0.25) is 0 Å². The van der Waals surface area contributed by atoms with Gasteiger partial charge in [0.15, 0.2) is 17.3 Å². The van der Waals surface area contributed by atoms with E-state index in [0.29, 0.717) is 24.3 Å². The smallest absolute Gasteiger partial charge is 0.182 e. The van der Waals surface area contributed by atoms with Gasteiger partial charge >= 0.3 is 0 Å². The first-order valence-electron chi connectivity index (χ1n) is 6.56. The van der Waals surface area contributed by atoms with Crippen LogP contribution < -0.4 is 0 Å². The molecule has 0 bridgehead atoms. The van der Waals surface area contributed by atoms with E-state index >= 15 is 0 Å². The Morgan fingerprint density at radius 1 is 1.30 bits per heavy atom. The van der Waals surface area contributed by atoms with Crippen molar-refractivity contribution in [2.75, 3.05) is 5.75 Å². The molecule has 0 aliphatic heterocycles. The molecule has 1 aromatic carbocycles. The van der Waals surface area contributed by atoms with E-state index in [9.17, 15) is 14.4 Å². The van der Waals surface area contributed by atoms with Gasteiger partial charge in [-0.1, -0.05) is 18.5 Å². The second-order valence-corrected chi connectivity index (χ2v) is 6.40. The van der Waals surface area contributed by atoms with E-state index in [1.807, 2.05) is 6.92 Å². The fraction of sp³-hybridized carbons (Fsp3) is 0.400. The summed E-state index contributed by atoms with van der Waals surface area (Å²) in [6.07, 6.45) is 1.13. The third kappa shape index (κ3) is 3.13. The molecule has 0 spiro atoms. The molecular formula is C15H15ClO3S. The van der Waals surface area contributed by atoms with Crippen LogP contribution in [-0.2, 0) is 9.59 Å². The van der Waals surface area contributed by atoms with Crippen LogP contribution in [0.15, 0.2) is 23.1 Å². The third-order valence-corrected chi connectivity index (χ3v) is 4.46. The molecule has 1 aromatic rings. The summed E-state index contributed by atoms with van der Waals surface area (Å²) >= 11 is 7.73. The Morgan fingerprint density at radius 2 is 1.95 bits per heavy atom. The van der Waals surface area contributed by atoms with E-state index < -0.39 is 11.7 Å². The van der Waals surface area contributed by atoms with Gasteiger partial charge in [0.25, 0.3) is 0 Å². The summed E-state index contributed by atoms with van der Waals surface area (Å²) < 4.78 is 0. The maximum atomic E-state index is 12.4. The molecule has 20 heavy (non-hydrogen) atoms. The number of benzene rings is 1. The number of rotatable bonds is 4. The Labute approximate surface area is 127 Å². The Kier molecular flexibility index (Phi) is 5.00. The van der Waals surface area contributed by atoms with Gasteiger partial charge < -0.3 is 0 Å². The lowest BCUT2D eigenvalue weighted by molar-refractivity contribution is -0.133. The van der Waals surface area contributed by atoms with E-state index in [1.54, 1.807) is 30.0 Å². The standard InChI is InChI=1S/C15H15ClO3S/c1-2-20-9-6-7-10(11(16)8-9)15(19)14-12(17)4-3-5-13(14)18/h6-8,14H,2-5H2,1H3. The van der Waals surface area contributed by atoms with Crippen molar-refractivity contribution in [2.24, 2.45) is 5.92 Å². The number of carbonyl (C=O) groups is 3. The SMILES string of the molecule is CCSc1ccc(C(=O)C2C(=O)CCCC2=O)c(Cl)c1. The molecule has 0 amide bonds. The van der Waals surface area contributed by atoms with Crippen molar-refractivity contribution in [3.05, 3.63) is 28.8 Å². The zero-order valence-electron chi connectivity index (χ0n) is 11.1. The lowest BCUT2D eigenvalue weighted by Gasteiger charge is -2.18. The van der Waals surface area contributed by atoms with Gasteiger partial charge in [0.05, 0.1) is 5.02 Å². The highest BCUT2D eigenvalue weighted by atomic mass is 35.5. The fourth-order valence-electron chi connectivity index (χ4n) is 2.31. The number of hydrogen-bond acceptors (Lipinski definition) is 4. The molecule has 0 saturated heterocycles. The number of carbonyl (C=O) groups excluding carboxylic acids is 3. The molecule has 0 N–H and O–H groups in total. The second-order valence-electron chi connectivity index (χ2n) is 4.66. The molecule has 3 nitrogen and oxygen atoms in total. The fourth-order valence-corrected chi connectivity index (χ4v) is 3.34. The van der Waals surface area contributed by atoms with Crippen LogP contribution >= 0.6 is 23.4 Å². The summed E-state index contributed by atoms with van der Waals surface area (Å²) in [5.41, 5.74) is 0.265. The Balaban J connectivity index is 2.28. The Bertz CT molecular complexity index is 552. The van der Waals surface area contributed by atoms with Crippen LogP contribution in [-0.4, -0.2) is 23.1 Å². The van der Waals surface area contributed by atoms with Gasteiger partial charge in [0, 0.05) is 23.3 Å². The number of thioether (sulfide) groups is 1. The van der Waals surface area contributed by atoms with E-state index in [4.69, 9.17) is 11.6 Å². The molecule has 0 radical (unpaired) electrons. The van der Waals surface area contributed by atoms with Crippen molar-refractivity contribution in [3.8, 4) is 0 Å². The van der Waals surface area contributed by atoms with E-state index in [0.717, 1.165) is 10.6 Å². The highest BCUT2D eigenvalue weighted by Gasteiger charge is 2.37. The molecular weight excluding hydrogens is 296 g/mol. The van der Waals surface area contributed by atoms with Crippen LogP contribution in [0.3, 0.4) is 0 Å². The van der Waals surface area contributed by atoms with Gasteiger partial charge in [-0.15, -0.1) is 11.8 Å². The summed E-state index contributed by atoms with van der Waals surface area (Å²) in [4.78, 5) is 37.0. The highest BCUT2D eigenvalue weighted by Crippen LogP contribution is 2.29. The number of halogens is 1. The van der Waals surface area contributed by atoms with Gasteiger partial charge in [-0.2, -0.15) is 0 Å². The maximum absolute atomic E-state index is 12.4. The summed E-state index contributed by atoms with van der Waals surface area (Å²) in [6.45, 7) is 2.02. The normalized spacial score (nSPS) is 16.5. The van der Waals surface area contributed by atoms with Crippen molar-refractivity contribution in [2.45, 2.75) is 31.1 Å². The molecule has 1 aliphatic carbocycles. The number of Topliss-reactive ketones (excluding diaryl/α,β-unsaturated/α-hetero) is 3. The van der Waals surface area contributed by atoms with Crippen molar-refractivity contribution in [1.82, 2.24) is 0 Å². The Hall–Kier alpha value is -1.13. The largest absolute Gasteiger partial charge is 0.298 e. The molecule has 0 atom stereocenters. The van der Waals surface area contributed by atoms with Gasteiger partial charge in [-0.3, -0.25) is 14.4 Å². The van der Waals surface area contributed by atoms with Gasteiger partial charge in [-0.25, -0.2) is 0 Å². The van der Waals surface area contributed by atoms with Gasteiger partial charge in [-0.05, 0) is 30.4 Å². The molecule has 1 fully saturated rings. The van der Waals surface area contributed by atoms with E-state index in [1.165, 1.54) is 0 Å². The van der Waals surface area contributed by atoms with Crippen LogP contribution in [0.25, 0.3) is 0 Å². The first kappa shape index (κ1) is 15.3. The topological polar surface area (TPSA) is 51.2 Å². The summed E-state index contributed by atoms with van der Waals surface area (Å²) in [6, 6.07) is 5.11. The molecule has 1 saturated carbocycles. The molecule has 5 heteroatoms. The van der Waals surface area contributed by atoms with Gasteiger partial charge in [0.1, 0.15) is 5.92 Å². The van der Waals surface area contributed by atoms with Crippen LogP contribution in [0.4, 0.5) is 0 Å². The van der Waals surface area contributed by atoms with Crippen LogP contribution in [0.1, 0.15) is 36.5 Å². The van der Waals surface area contributed by atoms with Crippen LogP contribution in [0.2, 0.25) is 5.02 Å². The minimum absolute atomic E-state index is 0.265. The quantitative estimate of drug-likeness (QED) is 0.484. The van der Waals surface area contributed by atoms with Crippen LogP contribution in [0.5, 0.6) is 0 Å². The lowest BCUT2D eigenvalue weighted by atomic mass is 9.82. The maximum Gasteiger partial charge on any atom is 0.182 e. The first-order valence-corrected chi connectivity index (χ1v) is 7.93. The minimum Gasteiger partial charge on any atom is -0.298 e. The molecule has 2 rings (SSSR count). The second kappa shape index (κ2) is 6.55. The van der Waals surface area contributed by atoms with Crippen molar-refractivity contribution in [3.63, 3.8) is 0 Å². The summed E-state index contributed by atoms with van der Waals surface area (Å²) in [5, 5.41) is 0.305. The third-order valence-electron chi connectivity index (χ3n) is 3.27. The number of hydrogen-bond donors (Lipinski definition) is 0. The van der Waals surface area contributed by atoms with E-state index in [2.05, 4.69) is 0 Å². The first-order chi connectivity index (χ1) is 9.54. The molecule has 106 valence electrons. The molecule has 0 heterocycles. The predicted molar refractivity (Wildman–Crippen MR) is 79.5 cm³/mol. The summed E-state index contributed by atoms with van der Waals surface area (Å²) in [5.74, 6) is -1.27. The zero-order chi connectivity index (χ0) is 14.7. The monoisotopic (exact) mass is 310 g/mol. The molecule has 0 unspecified atom stereocenters. The van der Waals surface area contributed by atoms with Crippen molar-refractivity contribution in [1.29, 1.82) is 0 Å². The van der Waals surface area contributed by atoms with Crippen LogP contribution in [0, 0.1) is 5.92 Å².